The number of fused-ring (bicyclic) bond motifs is 1. The van der Waals surface area contributed by atoms with Crippen LogP contribution in [0.4, 0.5) is 5.69 Å². The van der Waals surface area contributed by atoms with E-state index in [9.17, 15) is 4.79 Å². The molecular weight excluding hydrogens is 368 g/mol. The number of anilines is 1. The molecule has 29 heavy (non-hydrogen) atoms. The minimum absolute atomic E-state index is 0.136. The van der Waals surface area contributed by atoms with E-state index in [1.165, 1.54) is 0 Å². The topological polar surface area (TPSA) is 82.2 Å². The first-order valence-electron chi connectivity index (χ1n) is 9.43. The van der Waals surface area contributed by atoms with Crippen LogP contribution in [0.15, 0.2) is 53.1 Å². The highest BCUT2D eigenvalue weighted by Gasteiger charge is 2.13. The molecule has 0 saturated heterocycles. The molecule has 0 aliphatic rings. The number of aryl methyl sites for hydroxylation is 2. The van der Waals surface area contributed by atoms with Gasteiger partial charge in [-0.3, -0.25) is 4.79 Å². The normalized spacial score (nSPS) is 11.0. The van der Waals surface area contributed by atoms with Gasteiger partial charge in [-0.15, -0.1) is 10.2 Å². The summed E-state index contributed by atoms with van der Waals surface area (Å²) in [7, 11) is 1.59. The standard InChI is InChI=1S/C22H22N4O3/c1-4-21-24-25-22(29-21)16-7-6-15-9-10-26(18(15)12-16)13-20(27)23-17-11-14(2)5-8-19(17)28-3/h5-12H,4,13H2,1-3H3,(H,23,27). The Morgan fingerprint density at radius 3 is 2.79 bits per heavy atom. The molecule has 4 rings (SSSR count). The highest BCUT2D eigenvalue weighted by atomic mass is 16.5. The molecule has 0 radical (unpaired) electrons. The van der Waals surface area contributed by atoms with E-state index >= 15 is 0 Å². The Hall–Kier alpha value is -3.61. The Bertz CT molecular complexity index is 1180. The molecule has 4 aromatic rings. The first-order chi connectivity index (χ1) is 14.1. The van der Waals surface area contributed by atoms with Gasteiger partial charge in [-0.2, -0.15) is 0 Å². The van der Waals surface area contributed by atoms with Crippen LogP contribution in [0.2, 0.25) is 0 Å². The number of aromatic nitrogens is 3. The fourth-order valence-electron chi connectivity index (χ4n) is 3.23. The quantitative estimate of drug-likeness (QED) is 0.533. The zero-order valence-corrected chi connectivity index (χ0v) is 16.6. The summed E-state index contributed by atoms with van der Waals surface area (Å²) in [6, 6.07) is 13.5. The molecule has 0 bridgehead atoms. The number of carbonyl (C=O) groups excluding carboxylic acids is 1. The third kappa shape index (κ3) is 3.85. The van der Waals surface area contributed by atoms with Crippen LogP contribution in [0.5, 0.6) is 5.75 Å². The van der Waals surface area contributed by atoms with Gasteiger partial charge in [0.15, 0.2) is 0 Å². The fraction of sp³-hybridized carbons (Fsp3) is 0.227. The maximum atomic E-state index is 12.7. The number of methoxy groups -OCH3 is 1. The van der Waals surface area contributed by atoms with Crippen LogP contribution in [-0.2, 0) is 17.8 Å². The van der Waals surface area contributed by atoms with E-state index in [4.69, 9.17) is 9.15 Å². The third-order valence-corrected chi connectivity index (χ3v) is 4.73. The first-order valence-corrected chi connectivity index (χ1v) is 9.43. The molecule has 7 heteroatoms. The molecule has 1 amide bonds. The Labute approximate surface area is 168 Å². The number of nitrogens with one attached hydrogen (secondary N) is 1. The summed E-state index contributed by atoms with van der Waals surface area (Å²) in [6.45, 7) is 4.11. The van der Waals surface area contributed by atoms with Crippen molar-refractivity contribution in [2.45, 2.75) is 26.8 Å². The fourth-order valence-corrected chi connectivity index (χ4v) is 3.23. The Morgan fingerprint density at radius 2 is 2.03 bits per heavy atom. The predicted octanol–water partition coefficient (Wildman–Crippen LogP) is 4.21. The molecule has 7 nitrogen and oxygen atoms in total. The largest absolute Gasteiger partial charge is 0.495 e. The van der Waals surface area contributed by atoms with Gasteiger partial charge in [0.1, 0.15) is 12.3 Å². The predicted molar refractivity (Wildman–Crippen MR) is 111 cm³/mol. The molecule has 2 aromatic heterocycles. The van der Waals surface area contributed by atoms with Gasteiger partial charge in [-0.25, -0.2) is 0 Å². The van der Waals surface area contributed by atoms with Crippen molar-refractivity contribution in [1.82, 2.24) is 14.8 Å². The minimum atomic E-state index is -0.136. The third-order valence-electron chi connectivity index (χ3n) is 4.73. The number of carbonyl (C=O) groups is 1. The highest BCUT2D eigenvalue weighted by Crippen LogP contribution is 2.27. The average Bonchev–Trinajstić information content (AvgIpc) is 3.35. The molecule has 0 unspecified atom stereocenters. The van der Waals surface area contributed by atoms with Crippen LogP contribution in [0.3, 0.4) is 0 Å². The Morgan fingerprint density at radius 1 is 1.17 bits per heavy atom. The van der Waals surface area contributed by atoms with Crippen LogP contribution in [-0.4, -0.2) is 27.8 Å². The summed E-state index contributed by atoms with van der Waals surface area (Å²) in [5, 5.41) is 12.1. The maximum absolute atomic E-state index is 12.7. The summed E-state index contributed by atoms with van der Waals surface area (Å²) in [5.74, 6) is 1.57. The molecule has 2 heterocycles. The first kappa shape index (κ1) is 18.7. The maximum Gasteiger partial charge on any atom is 0.247 e. The summed E-state index contributed by atoms with van der Waals surface area (Å²) in [4.78, 5) is 12.7. The van der Waals surface area contributed by atoms with Crippen molar-refractivity contribution in [1.29, 1.82) is 0 Å². The van der Waals surface area contributed by atoms with Gasteiger partial charge in [0.25, 0.3) is 0 Å². The number of hydrogen-bond donors (Lipinski definition) is 1. The van der Waals surface area contributed by atoms with E-state index in [0.29, 0.717) is 29.6 Å². The van der Waals surface area contributed by atoms with Crippen LogP contribution in [0, 0.1) is 6.92 Å². The lowest BCUT2D eigenvalue weighted by Gasteiger charge is -2.12. The molecular formula is C22H22N4O3. The Balaban J connectivity index is 1.58. The van der Waals surface area contributed by atoms with Crippen LogP contribution >= 0.6 is 0 Å². The number of rotatable bonds is 6. The van der Waals surface area contributed by atoms with Gasteiger partial charge in [-0.05, 0) is 48.2 Å². The van der Waals surface area contributed by atoms with Gasteiger partial charge in [-0.1, -0.05) is 19.1 Å². The monoisotopic (exact) mass is 390 g/mol. The number of ether oxygens (including phenoxy) is 1. The van der Waals surface area contributed by atoms with Crippen LogP contribution in [0.25, 0.3) is 22.4 Å². The molecule has 0 aliphatic heterocycles. The molecule has 2 aromatic carbocycles. The van der Waals surface area contributed by atoms with Gasteiger partial charge in [0.2, 0.25) is 17.7 Å². The zero-order chi connectivity index (χ0) is 20.4. The summed E-state index contributed by atoms with van der Waals surface area (Å²) < 4.78 is 12.9. The smallest absolute Gasteiger partial charge is 0.247 e. The highest BCUT2D eigenvalue weighted by molar-refractivity contribution is 5.94. The van der Waals surface area contributed by atoms with Crippen molar-refractivity contribution in [2.75, 3.05) is 12.4 Å². The average molecular weight is 390 g/mol. The van der Waals surface area contributed by atoms with Crippen molar-refractivity contribution in [3.05, 3.63) is 60.1 Å². The number of nitrogens with zero attached hydrogens (tertiary/aromatic N) is 3. The van der Waals surface area contributed by atoms with Crippen molar-refractivity contribution in [3.8, 4) is 17.2 Å². The lowest BCUT2D eigenvalue weighted by Crippen LogP contribution is -2.18. The van der Waals surface area contributed by atoms with Crippen LogP contribution < -0.4 is 10.1 Å². The van der Waals surface area contributed by atoms with Gasteiger partial charge >= 0.3 is 0 Å². The van der Waals surface area contributed by atoms with Crippen molar-refractivity contribution < 1.29 is 13.9 Å². The molecule has 0 spiro atoms. The SMILES string of the molecule is CCc1nnc(-c2ccc3ccn(CC(=O)Nc4cc(C)ccc4OC)c3c2)o1. The zero-order valence-electron chi connectivity index (χ0n) is 16.6. The molecule has 0 atom stereocenters. The molecule has 1 N–H and O–H groups in total. The van der Waals surface area contributed by atoms with E-state index in [0.717, 1.165) is 22.0 Å². The van der Waals surface area contributed by atoms with Crippen molar-refractivity contribution in [3.63, 3.8) is 0 Å². The molecule has 0 saturated carbocycles. The second-order valence-electron chi connectivity index (χ2n) is 6.82. The van der Waals surface area contributed by atoms with E-state index in [-0.39, 0.29) is 12.5 Å². The van der Waals surface area contributed by atoms with E-state index in [1.54, 1.807) is 7.11 Å². The van der Waals surface area contributed by atoms with E-state index in [2.05, 4.69) is 15.5 Å². The lowest BCUT2D eigenvalue weighted by molar-refractivity contribution is -0.116. The van der Waals surface area contributed by atoms with Crippen molar-refractivity contribution >= 4 is 22.5 Å². The van der Waals surface area contributed by atoms with Crippen LogP contribution in [0.1, 0.15) is 18.4 Å². The molecule has 0 aliphatic carbocycles. The van der Waals surface area contributed by atoms with Gasteiger partial charge in [0, 0.05) is 23.7 Å². The second-order valence-corrected chi connectivity index (χ2v) is 6.82. The summed E-state index contributed by atoms with van der Waals surface area (Å²) in [6.07, 6.45) is 2.58. The number of benzene rings is 2. The summed E-state index contributed by atoms with van der Waals surface area (Å²) in [5.41, 5.74) is 3.45. The van der Waals surface area contributed by atoms with Gasteiger partial charge in [0.05, 0.1) is 12.8 Å². The van der Waals surface area contributed by atoms with Gasteiger partial charge < -0.3 is 19.0 Å². The minimum Gasteiger partial charge on any atom is -0.495 e. The molecule has 148 valence electrons. The van der Waals surface area contributed by atoms with E-state index < -0.39 is 0 Å². The lowest BCUT2D eigenvalue weighted by atomic mass is 10.1. The number of amides is 1. The molecule has 0 fully saturated rings. The van der Waals surface area contributed by atoms with E-state index in [1.807, 2.05) is 67.1 Å². The summed E-state index contributed by atoms with van der Waals surface area (Å²) >= 11 is 0. The van der Waals surface area contributed by atoms with Crippen molar-refractivity contribution in [2.24, 2.45) is 0 Å². The Kier molecular flexibility index (Phi) is 5.03. The second kappa shape index (κ2) is 7.79. The number of hydrogen-bond acceptors (Lipinski definition) is 5.